The lowest BCUT2D eigenvalue weighted by Crippen LogP contribution is -2.01. The van der Waals surface area contributed by atoms with Crippen LogP contribution in [0.5, 0.6) is 0 Å². The Hall–Kier alpha value is -0.670. The molecule has 0 amide bonds. The summed E-state index contributed by atoms with van der Waals surface area (Å²) >= 11 is 0. The maximum absolute atomic E-state index is 10.8. The minimum absolute atomic E-state index is 0.0394. The predicted octanol–water partition coefficient (Wildman–Crippen LogP) is 1.23. The van der Waals surface area contributed by atoms with Crippen LogP contribution in [0.3, 0.4) is 0 Å². The summed E-state index contributed by atoms with van der Waals surface area (Å²) in [5.74, 6) is -0.0394. The van der Waals surface area contributed by atoms with Crippen LogP contribution in [0.25, 0.3) is 0 Å². The lowest BCUT2D eigenvalue weighted by molar-refractivity contribution is 0.563. The molecular formula is C7H13NO3S. The van der Waals surface area contributed by atoms with E-state index in [0.29, 0.717) is 6.42 Å². The van der Waals surface area contributed by atoms with Gasteiger partial charge in [-0.2, -0.15) is 0 Å². The quantitative estimate of drug-likeness (QED) is 0.360. The van der Waals surface area contributed by atoms with Gasteiger partial charge in [-0.25, -0.2) is 13.2 Å². The Balaban J connectivity index is 3.70. The van der Waals surface area contributed by atoms with Crippen LogP contribution in [0.15, 0.2) is 4.40 Å². The van der Waals surface area contributed by atoms with E-state index in [4.69, 9.17) is 0 Å². The first kappa shape index (κ1) is 11.3. The van der Waals surface area contributed by atoms with Gasteiger partial charge in [-0.3, -0.25) is 0 Å². The van der Waals surface area contributed by atoms with Gasteiger partial charge in [0.1, 0.15) is 0 Å². The standard InChI is InChI=1S/C7H13NO3S/c1-2-3-4-5-6-12(10,11)8-7-9/h2-6H2,1H3. The van der Waals surface area contributed by atoms with Crippen molar-refractivity contribution in [2.45, 2.75) is 32.6 Å². The molecule has 0 aromatic carbocycles. The Morgan fingerprint density at radius 2 is 1.92 bits per heavy atom. The molecule has 0 heterocycles. The molecule has 0 fully saturated rings. The van der Waals surface area contributed by atoms with Gasteiger partial charge in [0.25, 0.3) is 16.1 Å². The van der Waals surface area contributed by atoms with Crippen LogP contribution in [0.4, 0.5) is 0 Å². The van der Waals surface area contributed by atoms with E-state index < -0.39 is 10.0 Å². The van der Waals surface area contributed by atoms with Crippen molar-refractivity contribution in [3.8, 4) is 0 Å². The third kappa shape index (κ3) is 6.07. The number of unbranched alkanes of at least 4 members (excludes halogenated alkanes) is 3. The molecule has 0 radical (unpaired) electrons. The molecule has 5 heteroatoms. The van der Waals surface area contributed by atoms with Gasteiger partial charge >= 0.3 is 0 Å². The van der Waals surface area contributed by atoms with E-state index in [2.05, 4.69) is 4.40 Å². The van der Waals surface area contributed by atoms with Crippen LogP contribution in [0.1, 0.15) is 32.6 Å². The third-order valence-electron chi connectivity index (χ3n) is 1.43. The average Bonchev–Trinajstić information content (AvgIpc) is 1.98. The number of hydrogen-bond acceptors (Lipinski definition) is 3. The molecule has 0 aromatic heterocycles. The molecule has 0 unspecified atom stereocenters. The Morgan fingerprint density at radius 1 is 1.25 bits per heavy atom. The first-order valence-electron chi connectivity index (χ1n) is 3.94. The summed E-state index contributed by atoms with van der Waals surface area (Å²) in [6.07, 6.45) is 4.54. The number of nitrogens with zero attached hydrogens (tertiary/aromatic N) is 1. The topological polar surface area (TPSA) is 63.6 Å². The fourth-order valence-electron chi connectivity index (χ4n) is 0.814. The summed E-state index contributed by atoms with van der Waals surface area (Å²) in [4.78, 5) is 9.64. The van der Waals surface area contributed by atoms with E-state index >= 15 is 0 Å². The largest absolute Gasteiger partial charge is 0.263 e. The molecule has 70 valence electrons. The zero-order chi connectivity index (χ0) is 9.45. The van der Waals surface area contributed by atoms with Gasteiger partial charge in [-0.05, 0) is 6.42 Å². The van der Waals surface area contributed by atoms with Crippen molar-refractivity contribution in [1.29, 1.82) is 0 Å². The van der Waals surface area contributed by atoms with E-state index in [1.165, 1.54) is 0 Å². The number of carbonyl (C=O) groups excluding carboxylic acids is 1. The third-order valence-corrected chi connectivity index (χ3v) is 2.59. The smallest absolute Gasteiger partial charge is 0.210 e. The van der Waals surface area contributed by atoms with E-state index in [1.54, 1.807) is 0 Å². The van der Waals surface area contributed by atoms with Crippen LogP contribution < -0.4 is 0 Å². The van der Waals surface area contributed by atoms with Crippen LogP contribution in [-0.4, -0.2) is 20.3 Å². The number of sulfonamides is 1. The lowest BCUT2D eigenvalue weighted by Gasteiger charge is -1.95. The molecule has 0 saturated heterocycles. The molecule has 0 aromatic rings. The molecule has 0 atom stereocenters. The second-order valence-electron chi connectivity index (χ2n) is 2.53. The molecule has 0 spiro atoms. The molecule has 0 aliphatic rings. The van der Waals surface area contributed by atoms with Crippen molar-refractivity contribution < 1.29 is 13.2 Å². The van der Waals surface area contributed by atoms with Crippen molar-refractivity contribution in [3.05, 3.63) is 0 Å². The highest BCUT2D eigenvalue weighted by atomic mass is 32.2. The lowest BCUT2D eigenvalue weighted by atomic mass is 10.2. The predicted molar refractivity (Wildman–Crippen MR) is 46.1 cm³/mol. The number of isocyanates is 1. The van der Waals surface area contributed by atoms with Crippen molar-refractivity contribution >= 4 is 16.1 Å². The maximum atomic E-state index is 10.8. The highest BCUT2D eigenvalue weighted by Gasteiger charge is 2.06. The molecule has 0 aliphatic carbocycles. The summed E-state index contributed by atoms with van der Waals surface area (Å²) < 4.78 is 24.2. The summed E-state index contributed by atoms with van der Waals surface area (Å²) in [7, 11) is -3.51. The Bertz CT molecular complexity index is 252. The van der Waals surface area contributed by atoms with Crippen molar-refractivity contribution in [3.63, 3.8) is 0 Å². The van der Waals surface area contributed by atoms with Crippen LogP contribution in [-0.2, 0) is 14.8 Å². The van der Waals surface area contributed by atoms with Gasteiger partial charge in [-0.15, -0.1) is 0 Å². The number of hydrogen-bond donors (Lipinski definition) is 0. The van der Waals surface area contributed by atoms with Gasteiger partial charge in [0.2, 0.25) is 0 Å². The normalized spacial score (nSPS) is 10.8. The average molecular weight is 191 g/mol. The summed E-state index contributed by atoms with van der Waals surface area (Å²) in [5.41, 5.74) is 0. The molecule has 0 aliphatic heterocycles. The van der Waals surface area contributed by atoms with Crippen LogP contribution >= 0.6 is 0 Å². The van der Waals surface area contributed by atoms with E-state index in [-0.39, 0.29) is 5.75 Å². The van der Waals surface area contributed by atoms with Gasteiger partial charge in [0.15, 0.2) is 0 Å². The van der Waals surface area contributed by atoms with Crippen molar-refractivity contribution in [1.82, 2.24) is 0 Å². The Kier molecular flexibility index (Phi) is 5.58. The van der Waals surface area contributed by atoms with Gasteiger partial charge in [0.05, 0.1) is 5.75 Å². The van der Waals surface area contributed by atoms with Crippen LogP contribution in [0.2, 0.25) is 0 Å². The van der Waals surface area contributed by atoms with Crippen molar-refractivity contribution in [2.75, 3.05) is 5.75 Å². The zero-order valence-corrected chi connectivity index (χ0v) is 7.93. The second kappa shape index (κ2) is 5.91. The SMILES string of the molecule is CCCCCCS(=O)(=O)N=C=O. The zero-order valence-electron chi connectivity index (χ0n) is 7.12. The highest BCUT2D eigenvalue weighted by molar-refractivity contribution is 7.90. The molecule has 0 bridgehead atoms. The first-order chi connectivity index (χ1) is 5.62. The van der Waals surface area contributed by atoms with Crippen LogP contribution in [0, 0.1) is 0 Å². The fourth-order valence-corrected chi connectivity index (χ4v) is 1.59. The molecule has 0 rings (SSSR count). The first-order valence-corrected chi connectivity index (χ1v) is 5.55. The molecular weight excluding hydrogens is 178 g/mol. The Morgan fingerprint density at radius 3 is 2.42 bits per heavy atom. The van der Waals surface area contributed by atoms with E-state index in [0.717, 1.165) is 25.3 Å². The monoisotopic (exact) mass is 191 g/mol. The molecule has 0 saturated carbocycles. The highest BCUT2D eigenvalue weighted by Crippen LogP contribution is 2.02. The van der Waals surface area contributed by atoms with Gasteiger partial charge in [0, 0.05) is 0 Å². The Labute approximate surface area is 72.7 Å². The molecule has 12 heavy (non-hydrogen) atoms. The summed E-state index contributed by atoms with van der Waals surface area (Å²) in [6, 6.07) is 0. The van der Waals surface area contributed by atoms with E-state index in [1.807, 2.05) is 6.92 Å². The van der Waals surface area contributed by atoms with Gasteiger partial charge < -0.3 is 0 Å². The molecule has 4 nitrogen and oxygen atoms in total. The summed E-state index contributed by atoms with van der Waals surface area (Å²) in [5, 5.41) is 0. The minimum Gasteiger partial charge on any atom is -0.210 e. The molecule has 0 N–H and O–H groups in total. The maximum Gasteiger partial charge on any atom is 0.263 e. The summed E-state index contributed by atoms with van der Waals surface area (Å²) in [6.45, 7) is 2.04. The number of rotatable bonds is 6. The van der Waals surface area contributed by atoms with Gasteiger partial charge in [-0.1, -0.05) is 30.6 Å². The fraction of sp³-hybridized carbons (Fsp3) is 0.857. The minimum atomic E-state index is -3.51. The second-order valence-corrected chi connectivity index (χ2v) is 4.28. The van der Waals surface area contributed by atoms with Crippen molar-refractivity contribution in [2.24, 2.45) is 4.40 Å². The van der Waals surface area contributed by atoms with E-state index in [9.17, 15) is 13.2 Å².